The number of aromatic nitrogens is 4. The van der Waals surface area contributed by atoms with E-state index < -0.39 is 0 Å². The molecular weight excluding hydrogens is 263 g/mol. The molecule has 1 N–H and O–H groups in total. The second-order valence-electron chi connectivity index (χ2n) is 3.88. The number of benzene rings is 1. The minimum Gasteiger partial charge on any atom is -0.267 e. The molecule has 0 saturated heterocycles. The minimum absolute atomic E-state index is 0.293. The molecule has 0 bridgehead atoms. The molecule has 2 heterocycles. The van der Waals surface area contributed by atoms with Gasteiger partial charge in [-0.2, -0.15) is 5.10 Å². The molecule has 0 aliphatic carbocycles. The van der Waals surface area contributed by atoms with Gasteiger partial charge < -0.3 is 0 Å². The Hall–Kier alpha value is -2.34. The van der Waals surface area contributed by atoms with E-state index >= 15 is 0 Å². The Balaban J connectivity index is 2.19. The van der Waals surface area contributed by atoms with E-state index in [2.05, 4.69) is 15.2 Å². The zero-order valence-corrected chi connectivity index (χ0v) is 10.6. The lowest BCUT2D eigenvalue weighted by atomic mass is 10.3. The van der Waals surface area contributed by atoms with Crippen molar-refractivity contribution in [3.63, 3.8) is 0 Å². The Labute approximate surface area is 113 Å². The molecule has 0 aliphatic rings. The SMILES string of the molecule is Fc1ccc(-n2c(-c3ccccn3)n[nH]c2=S)cc1. The summed E-state index contributed by atoms with van der Waals surface area (Å²) in [6, 6.07) is 11.6. The highest BCUT2D eigenvalue weighted by atomic mass is 32.1. The van der Waals surface area contributed by atoms with Gasteiger partial charge in [-0.25, -0.2) is 4.39 Å². The fourth-order valence-electron chi connectivity index (χ4n) is 1.79. The highest BCUT2D eigenvalue weighted by Gasteiger charge is 2.11. The van der Waals surface area contributed by atoms with E-state index in [1.165, 1.54) is 12.1 Å². The van der Waals surface area contributed by atoms with Crippen molar-refractivity contribution in [1.29, 1.82) is 0 Å². The smallest absolute Gasteiger partial charge is 0.200 e. The molecule has 0 spiro atoms. The molecule has 3 rings (SSSR count). The first-order chi connectivity index (χ1) is 9.25. The van der Waals surface area contributed by atoms with Crippen LogP contribution in [0, 0.1) is 10.6 Å². The zero-order chi connectivity index (χ0) is 13.2. The predicted molar refractivity (Wildman–Crippen MR) is 71.9 cm³/mol. The number of halogens is 1. The molecule has 0 aliphatic heterocycles. The number of nitrogens with one attached hydrogen (secondary N) is 1. The molecule has 0 saturated carbocycles. The Morgan fingerprint density at radius 2 is 1.89 bits per heavy atom. The molecule has 6 heteroatoms. The normalized spacial score (nSPS) is 10.6. The lowest BCUT2D eigenvalue weighted by Gasteiger charge is -2.05. The zero-order valence-electron chi connectivity index (χ0n) is 9.75. The standard InChI is InChI=1S/C13H9FN4S/c14-9-4-6-10(7-5-9)18-12(16-17-13(18)19)11-3-1-2-8-15-11/h1-8H,(H,17,19). The second-order valence-corrected chi connectivity index (χ2v) is 4.27. The quantitative estimate of drug-likeness (QED) is 0.729. The molecule has 0 fully saturated rings. The summed E-state index contributed by atoms with van der Waals surface area (Å²) in [5, 5.41) is 6.91. The summed E-state index contributed by atoms with van der Waals surface area (Å²) >= 11 is 5.21. The minimum atomic E-state index is -0.293. The van der Waals surface area contributed by atoms with E-state index in [1.807, 2.05) is 18.2 Å². The molecular formula is C13H9FN4S. The summed E-state index contributed by atoms with van der Waals surface area (Å²) in [5.74, 6) is 0.301. The summed E-state index contributed by atoms with van der Waals surface area (Å²) in [5.41, 5.74) is 1.43. The summed E-state index contributed by atoms with van der Waals surface area (Å²) in [4.78, 5) is 4.24. The highest BCUT2D eigenvalue weighted by molar-refractivity contribution is 7.71. The van der Waals surface area contributed by atoms with Gasteiger partial charge in [0.15, 0.2) is 10.6 Å². The highest BCUT2D eigenvalue weighted by Crippen LogP contribution is 2.19. The van der Waals surface area contributed by atoms with Gasteiger partial charge in [-0.3, -0.25) is 14.6 Å². The molecule has 0 amide bonds. The number of hydrogen-bond donors (Lipinski definition) is 1. The summed E-state index contributed by atoms with van der Waals surface area (Å²) in [6.07, 6.45) is 1.68. The number of rotatable bonds is 2. The van der Waals surface area contributed by atoms with Crippen LogP contribution in [0.25, 0.3) is 17.2 Å². The van der Waals surface area contributed by atoms with E-state index in [0.717, 1.165) is 5.69 Å². The number of hydrogen-bond acceptors (Lipinski definition) is 3. The molecule has 4 nitrogen and oxygen atoms in total. The van der Waals surface area contributed by atoms with Crippen molar-refractivity contribution >= 4 is 12.2 Å². The van der Waals surface area contributed by atoms with E-state index in [4.69, 9.17) is 12.2 Å². The Bertz CT molecular complexity index is 746. The largest absolute Gasteiger partial charge is 0.267 e. The fourth-order valence-corrected chi connectivity index (χ4v) is 2.03. The maximum atomic E-state index is 13.0. The van der Waals surface area contributed by atoms with Crippen LogP contribution in [-0.4, -0.2) is 19.7 Å². The Morgan fingerprint density at radius 3 is 2.58 bits per heavy atom. The van der Waals surface area contributed by atoms with Crippen molar-refractivity contribution < 1.29 is 4.39 Å². The second kappa shape index (κ2) is 4.74. The van der Waals surface area contributed by atoms with E-state index in [9.17, 15) is 4.39 Å². The van der Waals surface area contributed by atoms with Crippen LogP contribution in [-0.2, 0) is 0 Å². The van der Waals surface area contributed by atoms with Crippen LogP contribution in [0.1, 0.15) is 0 Å². The molecule has 94 valence electrons. The number of H-pyrrole nitrogens is 1. The molecule has 2 aromatic heterocycles. The third-order valence-electron chi connectivity index (χ3n) is 2.65. The predicted octanol–water partition coefficient (Wildman–Crippen LogP) is 3.13. The number of nitrogens with zero attached hydrogens (tertiary/aromatic N) is 3. The molecule has 0 radical (unpaired) electrons. The van der Waals surface area contributed by atoms with Crippen LogP contribution in [0.15, 0.2) is 48.7 Å². The van der Waals surface area contributed by atoms with E-state index in [1.54, 1.807) is 22.9 Å². The maximum absolute atomic E-state index is 13.0. The van der Waals surface area contributed by atoms with Gasteiger partial charge in [0.1, 0.15) is 11.5 Å². The van der Waals surface area contributed by atoms with Crippen LogP contribution in [0.5, 0.6) is 0 Å². The van der Waals surface area contributed by atoms with E-state index in [0.29, 0.717) is 16.3 Å². The first-order valence-corrected chi connectivity index (χ1v) is 6.01. The van der Waals surface area contributed by atoms with Gasteiger partial charge >= 0.3 is 0 Å². The van der Waals surface area contributed by atoms with Gasteiger partial charge in [-0.1, -0.05) is 6.07 Å². The van der Waals surface area contributed by atoms with Crippen molar-refractivity contribution in [3.05, 3.63) is 59.2 Å². The Morgan fingerprint density at radius 1 is 1.11 bits per heavy atom. The average Bonchev–Trinajstić information content (AvgIpc) is 2.83. The fraction of sp³-hybridized carbons (Fsp3) is 0. The number of pyridine rings is 1. The third kappa shape index (κ3) is 2.17. The van der Waals surface area contributed by atoms with Gasteiger partial charge in [-0.15, -0.1) is 0 Å². The molecule has 1 aromatic carbocycles. The third-order valence-corrected chi connectivity index (χ3v) is 2.93. The van der Waals surface area contributed by atoms with Crippen molar-refractivity contribution in [2.24, 2.45) is 0 Å². The topological polar surface area (TPSA) is 46.5 Å². The van der Waals surface area contributed by atoms with Gasteiger partial charge in [0.2, 0.25) is 0 Å². The van der Waals surface area contributed by atoms with Gasteiger partial charge in [-0.05, 0) is 48.6 Å². The van der Waals surface area contributed by atoms with Crippen LogP contribution in [0.3, 0.4) is 0 Å². The maximum Gasteiger partial charge on any atom is 0.200 e. The molecule has 3 aromatic rings. The lowest BCUT2D eigenvalue weighted by Crippen LogP contribution is -1.98. The van der Waals surface area contributed by atoms with E-state index in [-0.39, 0.29) is 5.82 Å². The van der Waals surface area contributed by atoms with Crippen molar-refractivity contribution in [2.75, 3.05) is 0 Å². The molecule has 0 atom stereocenters. The van der Waals surface area contributed by atoms with Crippen molar-refractivity contribution in [3.8, 4) is 17.2 Å². The van der Waals surface area contributed by atoms with Gasteiger partial charge in [0.05, 0.1) is 5.69 Å². The van der Waals surface area contributed by atoms with Gasteiger partial charge in [0, 0.05) is 6.20 Å². The van der Waals surface area contributed by atoms with Crippen LogP contribution in [0.2, 0.25) is 0 Å². The van der Waals surface area contributed by atoms with Crippen LogP contribution >= 0.6 is 12.2 Å². The first kappa shape index (κ1) is 11.7. The summed E-state index contributed by atoms with van der Waals surface area (Å²) < 4.78 is 15.1. The van der Waals surface area contributed by atoms with Gasteiger partial charge in [0.25, 0.3) is 0 Å². The van der Waals surface area contributed by atoms with Crippen LogP contribution < -0.4 is 0 Å². The Kier molecular flexibility index (Phi) is 2.92. The van der Waals surface area contributed by atoms with Crippen LogP contribution in [0.4, 0.5) is 4.39 Å². The summed E-state index contributed by atoms with van der Waals surface area (Å²) in [7, 11) is 0. The first-order valence-electron chi connectivity index (χ1n) is 5.60. The van der Waals surface area contributed by atoms with Crippen molar-refractivity contribution in [1.82, 2.24) is 19.7 Å². The number of aromatic amines is 1. The summed E-state index contributed by atoms with van der Waals surface area (Å²) in [6.45, 7) is 0. The molecule has 0 unspecified atom stereocenters. The lowest BCUT2D eigenvalue weighted by molar-refractivity contribution is 0.627. The monoisotopic (exact) mass is 272 g/mol. The molecule has 19 heavy (non-hydrogen) atoms. The average molecular weight is 272 g/mol. The van der Waals surface area contributed by atoms with Crippen molar-refractivity contribution in [2.45, 2.75) is 0 Å².